The summed E-state index contributed by atoms with van der Waals surface area (Å²) in [7, 11) is 1.50. The zero-order valence-corrected chi connectivity index (χ0v) is 19.3. The number of carbonyl (C=O) groups excluding carboxylic acids is 1. The number of methoxy groups -OCH3 is 1. The highest BCUT2D eigenvalue weighted by atomic mass is 16.5. The predicted octanol–water partition coefficient (Wildman–Crippen LogP) is 2.88. The van der Waals surface area contributed by atoms with Gasteiger partial charge in [-0.25, -0.2) is 9.61 Å². The van der Waals surface area contributed by atoms with Crippen LogP contribution >= 0.6 is 0 Å². The number of hydrogen-bond acceptors (Lipinski definition) is 7. The van der Waals surface area contributed by atoms with Crippen molar-refractivity contribution in [1.29, 1.82) is 0 Å². The lowest BCUT2D eigenvalue weighted by Crippen LogP contribution is -2.22. The van der Waals surface area contributed by atoms with Crippen LogP contribution < -0.4 is 15.6 Å². The highest BCUT2D eigenvalue weighted by Gasteiger charge is 2.15. The minimum atomic E-state index is -0.758. The highest BCUT2D eigenvalue weighted by molar-refractivity contribution is 6.09. The van der Waals surface area contributed by atoms with Crippen LogP contribution in [0.1, 0.15) is 10.4 Å². The average Bonchev–Trinajstić information content (AvgIpc) is 3.32. The van der Waals surface area contributed by atoms with Gasteiger partial charge >= 0.3 is 0 Å². The number of anilines is 1. The standard InChI is InChI=1S/C26H23N5O5/c1-35-14-18(32)15-36-19-10-11-31-23(12-19)22(13-27-31)25(33)28-17-8-6-16(7-9-17)24-20-4-2-3-5-21(20)26(34)30-29-24/h2-13,18,32H,14-15H2,1H3,(H,28,33)(H,30,34). The normalized spacial score (nSPS) is 12.1. The van der Waals surface area contributed by atoms with E-state index in [9.17, 15) is 14.7 Å². The summed E-state index contributed by atoms with van der Waals surface area (Å²) in [6, 6.07) is 17.9. The molecule has 10 heteroatoms. The average molecular weight is 486 g/mol. The van der Waals surface area contributed by atoms with Gasteiger partial charge in [-0.05, 0) is 24.3 Å². The van der Waals surface area contributed by atoms with Crippen LogP contribution in [0.15, 0.2) is 77.9 Å². The molecule has 0 bridgehead atoms. The molecule has 0 fully saturated rings. The van der Waals surface area contributed by atoms with Crippen molar-refractivity contribution in [3.63, 3.8) is 0 Å². The number of nitrogens with zero attached hydrogens (tertiary/aromatic N) is 3. The zero-order chi connectivity index (χ0) is 25.1. The molecule has 1 amide bonds. The molecule has 3 heterocycles. The lowest BCUT2D eigenvalue weighted by molar-refractivity contribution is 0.0325. The molecule has 1 unspecified atom stereocenters. The fourth-order valence-corrected chi connectivity index (χ4v) is 3.90. The zero-order valence-electron chi connectivity index (χ0n) is 19.3. The molecular formula is C26H23N5O5. The van der Waals surface area contributed by atoms with E-state index in [1.54, 1.807) is 47.1 Å². The Morgan fingerprint density at radius 1 is 1.11 bits per heavy atom. The van der Waals surface area contributed by atoms with Crippen LogP contribution in [0.3, 0.4) is 0 Å². The molecule has 2 aromatic carbocycles. The highest BCUT2D eigenvalue weighted by Crippen LogP contribution is 2.26. The Morgan fingerprint density at radius 3 is 2.67 bits per heavy atom. The van der Waals surface area contributed by atoms with Crippen LogP contribution in [0.4, 0.5) is 5.69 Å². The molecule has 1 atom stereocenters. The number of H-pyrrole nitrogens is 1. The van der Waals surface area contributed by atoms with Crippen molar-refractivity contribution < 1.29 is 19.4 Å². The topological polar surface area (TPSA) is 131 Å². The first kappa shape index (κ1) is 23.2. The van der Waals surface area contributed by atoms with E-state index in [4.69, 9.17) is 9.47 Å². The van der Waals surface area contributed by atoms with Crippen LogP contribution in [0, 0.1) is 0 Å². The number of fused-ring (bicyclic) bond motifs is 2. The number of aliphatic hydroxyl groups is 1. The van der Waals surface area contributed by atoms with E-state index in [1.165, 1.54) is 13.3 Å². The summed E-state index contributed by atoms with van der Waals surface area (Å²) in [5, 5.41) is 25.0. The maximum Gasteiger partial charge on any atom is 0.272 e. The minimum Gasteiger partial charge on any atom is -0.491 e. The largest absolute Gasteiger partial charge is 0.491 e. The monoisotopic (exact) mass is 485 g/mol. The lowest BCUT2D eigenvalue weighted by Gasteiger charge is -2.11. The van der Waals surface area contributed by atoms with Crippen molar-refractivity contribution in [1.82, 2.24) is 19.8 Å². The van der Waals surface area contributed by atoms with Crippen LogP contribution in [-0.2, 0) is 4.74 Å². The third-order valence-corrected chi connectivity index (χ3v) is 5.65. The third kappa shape index (κ3) is 4.67. The number of carbonyl (C=O) groups is 1. The maximum absolute atomic E-state index is 13.0. The number of pyridine rings is 1. The van der Waals surface area contributed by atoms with Crippen LogP contribution in [0.5, 0.6) is 5.75 Å². The second-order valence-corrected chi connectivity index (χ2v) is 8.15. The fraction of sp³-hybridized carbons (Fsp3) is 0.154. The lowest BCUT2D eigenvalue weighted by atomic mass is 10.0. The molecule has 10 nitrogen and oxygen atoms in total. The van der Waals surface area contributed by atoms with Gasteiger partial charge in [0.25, 0.3) is 11.5 Å². The van der Waals surface area contributed by atoms with Gasteiger partial charge in [0.05, 0.1) is 35.0 Å². The molecule has 0 radical (unpaired) electrons. The molecule has 3 N–H and O–H groups in total. The Bertz CT molecular complexity index is 1590. The molecule has 0 aliphatic rings. The maximum atomic E-state index is 13.0. The summed E-state index contributed by atoms with van der Waals surface area (Å²) in [5.41, 5.74) is 2.73. The molecule has 0 aliphatic carbocycles. The molecule has 5 aromatic rings. The van der Waals surface area contributed by atoms with Crippen molar-refractivity contribution in [2.75, 3.05) is 25.6 Å². The smallest absolute Gasteiger partial charge is 0.272 e. The van der Waals surface area contributed by atoms with Crippen LogP contribution in [0.2, 0.25) is 0 Å². The predicted molar refractivity (Wildman–Crippen MR) is 134 cm³/mol. The molecule has 3 aromatic heterocycles. The van der Waals surface area contributed by atoms with Crippen LogP contribution in [-0.4, -0.2) is 57.3 Å². The summed E-state index contributed by atoms with van der Waals surface area (Å²) < 4.78 is 12.1. The van der Waals surface area contributed by atoms with E-state index >= 15 is 0 Å². The molecule has 36 heavy (non-hydrogen) atoms. The van der Waals surface area contributed by atoms with Gasteiger partial charge in [0, 0.05) is 36.0 Å². The second-order valence-electron chi connectivity index (χ2n) is 8.15. The summed E-state index contributed by atoms with van der Waals surface area (Å²) >= 11 is 0. The Hall–Kier alpha value is -4.54. The van der Waals surface area contributed by atoms with Crippen molar-refractivity contribution in [2.24, 2.45) is 0 Å². The molecular weight excluding hydrogens is 462 g/mol. The van der Waals surface area contributed by atoms with Gasteiger partial charge in [0.2, 0.25) is 0 Å². The van der Waals surface area contributed by atoms with Crippen molar-refractivity contribution in [3.05, 3.63) is 89.0 Å². The van der Waals surface area contributed by atoms with E-state index in [0.29, 0.717) is 33.6 Å². The number of aromatic nitrogens is 4. The second kappa shape index (κ2) is 9.98. The number of aliphatic hydroxyl groups excluding tert-OH is 1. The number of rotatable bonds is 8. The van der Waals surface area contributed by atoms with E-state index in [2.05, 4.69) is 20.6 Å². The van der Waals surface area contributed by atoms with Crippen LogP contribution in [0.25, 0.3) is 27.5 Å². The molecule has 182 valence electrons. The van der Waals surface area contributed by atoms with Crippen molar-refractivity contribution in [2.45, 2.75) is 6.10 Å². The van der Waals surface area contributed by atoms with Gasteiger partial charge in [-0.15, -0.1) is 0 Å². The summed E-state index contributed by atoms with van der Waals surface area (Å²) in [5.74, 6) is 0.166. The Kier molecular flexibility index (Phi) is 6.44. The Morgan fingerprint density at radius 2 is 1.89 bits per heavy atom. The minimum absolute atomic E-state index is 0.0610. The van der Waals surface area contributed by atoms with Crippen molar-refractivity contribution >= 4 is 27.9 Å². The number of hydrogen-bond donors (Lipinski definition) is 3. The quantitative estimate of drug-likeness (QED) is 0.308. The number of amides is 1. The summed E-state index contributed by atoms with van der Waals surface area (Å²) in [6.07, 6.45) is 2.41. The van der Waals surface area contributed by atoms with Gasteiger partial charge in [-0.2, -0.15) is 10.2 Å². The molecule has 5 rings (SSSR count). The van der Waals surface area contributed by atoms with Gasteiger partial charge in [-0.3, -0.25) is 9.59 Å². The summed E-state index contributed by atoms with van der Waals surface area (Å²) in [4.78, 5) is 25.1. The van der Waals surface area contributed by atoms with E-state index in [-0.39, 0.29) is 24.7 Å². The van der Waals surface area contributed by atoms with Gasteiger partial charge in [0.15, 0.2) is 0 Å². The van der Waals surface area contributed by atoms with Crippen molar-refractivity contribution in [3.8, 4) is 17.0 Å². The fourth-order valence-electron chi connectivity index (χ4n) is 3.90. The third-order valence-electron chi connectivity index (χ3n) is 5.65. The number of benzene rings is 2. The SMILES string of the molecule is COCC(O)COc1ccn2ncc(C(=O)Nc3ccc(-c4n[nH]c(=O)c5ccccc45)cc3)c2c1. The van der Waals surface area contributed by atoms with E-state index < -0.39 is 6.10 Å². The van der Waals surface area contributed by atoms with E-state index in [0.717, 1.165) is 10.9 Å². The van der Waals surface area contributed by atoms with Gasteiger partial charge < -0.3 is 19.9 Å². The molecule has 0 aliphatic heterocycles. The molecule has 0 spiro atoms. The van der Waals surface area contributed by atoms with Gasteiger partial charge in [-0.1, -0.05) is 30.3 Å². The summed E-state index contributed by atoms with van der Waals surface area (Å²) in [6.45, 7) is 0.224. The Labute approximate surface area is 205 Å². The number of aromatic amines is 1. The first-order valence-electron chi connectivity index (χ1n) is 11.2. The van der Waals surface area contributed by atoms with Gasteiger partial charge in [0.1, 0.15) is 18.5 Å². The Balaban J connectivity index is 1.34. The van der Waals surface area contributed by atoms with E-state index in [1.807, 2.05) is 24.3 Å². The first-order valence-corrected chi connectivity index (χ1v) is 11.2. The first-order chi connectivity index (χ1) is 17.5. The molecule has 0 saturated heterocycles. The number of ether oxygens (including phenoxy) is 2. The molecule has 0 saturated carbocycles. The number of nitrogens with one attached hydrogen (secondary N) is 2.